The second-order valence-corrected chi connectivity index (χ2v) is 10.8. The third-order valence-electron chi connectivity index (χ3n) is 7.24. The van der Waals surface area contributed by atoms with Crippen LogP contribution >= 0.6 is 27.5 Å². The van der Waals surface area contributed by atoms with Crippen LogP contribution in [0, 0.1) is 11.5 Å². The van der Waals surface area contributed by atoms with Crippen LogP contribution in [0.5, 0.6) is 0 Å². The molecule has 7 heteroatoms. The van der Waals surface area contributed by atoms with E-state index in [4.69, 9.17) is 21.6 Å². The average Bonchev–Trinajstić information content (AvgIpc) is 3.01. The van der Waals surface area contributed by atoms with E-state index in [2.05, 4.69) is 50.5 Å². The van der Waals surface area contributed by atoms with Crippen LogP contribution in [-0.4, -0.2) is 35.0 Å². The monoisotopic (exact) mass is 537 g/mol. The molecule has 0 unspecified atom stereocenters. The van der Waals surface area contributed by atoms with Crippen LogP contribution in [0.3, 0.4) is 0 Å². The van der Waals surface area contributed by atoms with E-state index in [9.17, 15) is 5.26 Å². The Kier molecular flexibility index (Phi) is 7.22. The first-order valence-corrected chi connectivity index (χ1v) is 13.4. The van der Waals surface area contributed by atoms with Gasteiger partial charge in [0.2, 0.25) is 5.96 Å². The van der Waals surface area contributed by atoms with Crippen LogP contribution in [0.2, 0.25) is 5.02 Å². The van der Waals surface area contributed by atoms with E-state index in [1.54, 1.807) is 0 Å². The number of fused-ring (bicyclic) bond motifs is 2. The third-order valence-corrected chi connectivity index (χ3v) is 7.91. The number of aromatic nitrogens is 1. The lowest BCUT2D eigenvalue weighted by Gasteiger charge is -2.33. The predicted molar refractivity (Wildman–Crippen MR) is 141 cm³/mol. The maximum Gasteiger partial charge on any atom is 0.207 e. The number of hydrogen-bond acceptors (Lipinski definition) is 3. The van der Waals surface area contributed by atoms with Gasteiger partial charge in [0.05, 0.1) is 11.7 Å². The summed E-state index contributed by atoms with van der Waals surface area (Å²) in [7, 11) is 0. The quantitative estimate of drug-likeness (QED) is 0.202. The van der Waals surface area contributed by atoms with Gasteiger partial charge in [-0.25, -0.2) is 4.99 Å². The SMILES string of the molecule is N#CNC(=NC1CCCCC1)N1CCC(=C2c3ccc(Cl)cc3CCc3cc(Br)cnc32)CC1. The second kappa shape index (κ2) is 10.5. The maximum absolute atomic E-state index is 9.35. The molecule has 0 atom stereocenters. The van der Waals surface area contributed by atoms with Gasteiger partial charge in [-0.3, -0.25) is 10.3 Å². The van der Waals surface area contributed by atoms with E-state index in [-0.39, 0.29) is 0 Å². The molecule has 0 amide bonds. The van der Waals surface area contributed by atoms with Crippen molar-refractivity contribution in [3.8, 4) is 6.19 Å². The zero-order valence-electron chi connectivity index (χ0n) is 19.3. The Morgan fingerprint density at radius 3 is 2.62 bits per heavy atom. The molecule has 3 aliphatic rings. The number of likely N-dealkylation sites (tertiary alicyclic amines) is 1. The fourth-order valence-corrected chi connectivity index (χ4v) is 6.10. The second-order valence-electron chi connectivity index (χ2n) is 9.41. The number of nitrogens with one attached hydrogen (secondary N) is 1. The fraction of sp³-hybridized carbons (Fsp3) is 0.444. The Balaban J connectivity index is 1.47. The zero-order chi connectivity index (χ0) is 23.5. The minimum absolute atomic E-state index is 0.331. The van der Waals surface area contributed by atoms with E-state index in [0.717, 1.165) is 72.8 Å². The normalized spacial score (nSPS) is 19.2. The number of aliphatic imine (C=N–C) groups is 1. The number of rotatable bonds is 1. The first kappa shape index (κ1) is 23.4. The number of nitrogens with zero attached hydrogens (tertiary/aromatic N) is 4. The molecule has 2 heterocycles. The number of aryl methyl sites for hydroxylation is 2. The van der Waals surface area contributed by atoms with Crippen molar-refractivity contribution in [2.45, 2.75) is 63.8 Å². The molecule has 1 saturated heterocycles. The predicted octanol–water partition coefficient (Wildman–Crippen LogP) is 6.25. The number of benzene rings is 1. The van der Waals surface area contributed by atoms with E-state index in [0.29, 0.717) is 6.04 Å². The summed E-state index contributed by atoms with van der Waals surface area (Å²) in [5.41, 5.74) is 7.61. The summed E-state index contributed by atoms with van der Waals surface area (Å²) >= 11 is 9.98. The molecule has 34 heavy (non-hydrogen) atoms. The molecule has 1 aliphatic heterocycles. The van der Waals surface area contributed by atoms with Crippen molar-refractivity contribution in [2.24, 2.45) is 4.99 Å². The van der Waals surface area contributed by atoms with Crippen LogP contribution in [-0.2, 0) is 12.8 Å². The van der Waals surface area contributed by atoms with Gasteiger partial charge in [0, 0.05) is 34.4 Å². The van der Waals surface area contributed by atoms with Gasteiger partial charge in [-0.15, -0.1) is 0 Å². The van der Waals surface area contributed by atoms with Gasteiger partial charge >= 0.3 is 0 Å². The van der Waals surface area contributed by atoms with Crippen molar-refractivity contribution in [1.29, 1.82) is 5.26 Å². The Bertz CT molecular complexity index is 1110. The molecule has 2 aliphatic carbocycles. The van der Waals surface area contributed by atoms with E-state index >= 15 is 0 Å². The molecule has 1 N–H and O–H groups in total. The highest BCUT2D eigenvalue weighted by Gasteiger charge is 2.27. The highest BCUT2D eigenvalue weighted by Crippen LogP contribution is 2.39. The van der Waals surface area contributed by atoms with Crippen molar-refractivity contribution in [3.63, 3.8) is 0 Å². The number of piperidine rings is 1. The van der Waals surface area contributed by atoms with Crippen molar-refractivity contribution >= 4 is 39.1 Å². The standard InChI is InChI=1S/C27H29BrClN5/c28-21-14-20-7-6-19-15-22(29)8-9-24(19)25(26(20)31-16-21)18-10-12-34(13-11-18)27(32-17-30)33-23-4-2-1-3-5-23/h8-9,14-16,23H,1-7,10-13H2,(H,32,33). The number of guanidine groups is 1. The fourth-order valence-electron chi connectivity index (χ4n) is 5.53. The van der Waals surface area contributed by atoms with Gasteiger partial charge in [0.15, 0.2) is 6.19 Å². The molecule has 2 fully saturated rings. The molecule has 1 aromatic carbocycles. The number of pyridine rings is 1. The van der Waals surface area contributed by atoms with Crippen LogP contribution in [0.25, 0.3) is 5.57 Å². The summed E-state index contributed by atoms with van der Waals surface area (Å²) < 4.78 is 1.01. The molecule has 176 valence electrons. The summed E-state index contributed by atoms with van der Waals surface area (Å²) in [6.45, 7) is 1.68. The van der Waals surface area contributed by atoms with Gasteiger partial charge < -0.3 is 4.90 Å². The minimum Gasteiger partial charge on any atom is -0.342 e. The van der Waals surface area contributed by atoms with Crippen LogP contribution < -0.4 is 5.32 Å². The topological polar surface area (TPSA) is 64.3 Å². The Morgan fingerprint density at radius 2 is 1.85 bits per heavy atom. The Morgan fingerprint density at radius 1 is 1.09 bits per heavy atom. The minimum atomic E-state index is 0.331. The van der Waals surface area contributed by atoms with E-state index in [1.165, 1.54) is 47.1 Å². The first-order chi connectivity index (χ1) is 16.6. The lowest BCUT2D eigenvalue weighted by molar-refractivity contribution is 0.369. The highest BCUT2D eigenvalue weighted by molar-refractivity contribution is 9.10. The molecule has 0 radical (unpaired) electrons. The molecule has 1 aromatic heterocycles. The van der Waals surface area contributed by atoms with Gasteiger partial charge in [0.1, 0.15) is 0 Å². The first-order valence-electron chi connectivity index (χ1n) is 12.3. The van der Waals surface area contributed by atoms with Gasteiger partial charge in [0.25, 0.3) is 0 Å². The van der Waals surface area contributed by atoms with Crippen LogP contribution in [0.4, 0.5) is 0 Å². The smallest absolute Gasteiger partial charge is 0.207 e. The van der Waals surface area contributed by atoms with E-state index < -0.39 is 0 Å². The summed E-state index contributed by atoms with van der Waals surface area (Å²) in [6.07, 6.45) is 13.8. The summed E-state index contributed by atoms with van der Waals surface area (Å²) in [6, 6.07) is 8.80. The van der Waals surface area contributed by atoms with Crippen LogP contribution in [0.15, 0.2) is 45.5 Å². The van der Waals surface area contributed by atoms with Crippen molar-refractivity contribution in [3.05, 3.63) is 67.9 Å². The number of hydrogen-bond donors (Lipinski definition) is 1. The van der Waals surface area contributed by atoms with Gasteiger partial charge in [-0.1, -0.05) is 42.5 Å². The molecular weight excluding hydrogens is 510 g/mol. The summed E-state index contributed by atoms with van der Waals surface area (Å²) in [5, 5.41) is 13.0. The molecule has 0 bridgehead atoms. The molecule has 2 aromatic rings. The van der Waals surface area contributed by atoms with Gasteiger partial charge in [-0.05, 0) is 89.3 Å². The molecule has 1 saturated carbocycles. The maximum atomic E-state index is 9.35. The Hall–Kier alpha value is -2.36. The number of nitriles is 1. The van der Waals surface area contributed by atoms with Crippen molar-refractivity contribution in [2.75, 3.05) is 13.1 Å². The summed E-state index contributed by atoms with van der Waals surface area (Å²) in [4.78, 5) is 12.1. The molecule has 5 rings (SSSR count). The lowest BCUT2D eigenvalue weighted by atomic mass is 9.88. The average molecular weight is 539 g/mol. The van der Waals surface area contributed by atoms with Gasteiger partial charge in [-0.2, -0.15) is 5.26 Å². The van der Waals surface area contributed by atoms with Crippen LogP contribution in [0.1, 0.15) is 67.3 Å². The third kappa shape index (κ3) is 5.01. The Labute approximate surface area is 215 Å². The molecule has 0 spiro atoms. The molecular formula is C27H29BrClN5. The summed E-state index contributed by atoms with van der Waals surface area (Å²) in [5.74, 6) is 0.744. The lowest BCUT2D eigenvalue weighted by Crippen LogP contribution is -2.43. The largest absolute Gasteiger partial charge is 0.342 e. The molecule has 5 nitrogen and oxygen atoms in total. The van der Waals surface area contributed by atoms with Crippen molar-refractivity contribution < 1.29 is 0 Å². The zero-order valence-corrected chi connectivity index (χ0v) is 21.6. The number of halogens is 2. The van der Waals surface area contributed by atoms with Crippen molar-refractivity contribution in [1.82, 2.24) is 15.2 Å². The highest BCUT2D eigenvalue weighted by atomic mass is 79.9. The van der Waals surface area contributed by atoms with E-state index in [1.807, 2.05) is 12.3 Å².